The first-order valence-corrected chi connectivity index (χ1v) is 7.65. The van der Waals surface area contributed by atoms with Crippen LogP contribution >= 0.6 is 0 Å². The van der Waals surface area contributed by atoms with Crippen LogP contribution in [0.1, 0.15) is 38.7 Å². The highest BCUT2D eigenvalue weighted by atomic mass is 15.2. The maximum absolute atomic E-state index is 4.59. The van der Waals surface area contributed by atoms with Crippen molar-refractivity contribution in [3.63, 3.8) is 0 Å². The summed E-state index contributed by atoms with van der Waals surface area (Å²) in [6, 6.07) is 0. The Morgan fingerprint density at radius 2 is 2.00 bits per heavy atom. The van der Waals surface area contributed by atoms with Gasteiger partial charge in [-0.25, -0.2) is 9.97 Å². The predicted octanol–water partition coefficient (Wildman–Crippen LogP) is 2.17. The number of hydrogen-bond donors (Lipinski definition) is 1. The first-order chi connectivity index (χ1) is 9.63. The van der Waals surface area contributed by atoms with Crippen LogP contribution in [0, 0.1) is 0 Å². The summed E-state index contributed by atoms with van der Waals surface area (Å²) in [5.74, 6) is 2.52. The number of hydrogen-bond acceptors (Lipinski definition) is 5. The fourth-order valence-electron chi connectivity index (χ4n) is 2.74. The number of aromatic nitrogens is 2. The third-order valence-electron chi connectivity index (χ3n) is 3.80. The van der Waals surface area contributed by atoms with Gasteiger partial charge in [-0.15, -0.1) is 0 Å². The molecule has 20 heavy (non-hydrogen) atoms. The van der Waals surface area contributed by atoms with E-state index in [1.54, 1.807) is 6.33 Å². The Bertz CT molecular complexity index is 432. The predicted molar refractivity (Wildman–Crippen MR) is 84.6 cm³/mol. The lowest BCUT2D eigenvalue weighted by atomic mass is 10.0. The number of nitrogens with one attached hydrogen (secondary N) is 1. The van der Waals surface area contributed by atoms with Gasteiger partial charge in [-0.05, 0) is 32.9 Å². The Hall–Kier alpha value is -1.36. The molecule has 0 aliphatic carbocycles. The Kier molecular flexibility index (Phi) is 5.17. The first-order valence-electron chi connectivity index (χ1n) is 7.65. The van der Waals surface area contributed by atoms with Crippen molar-refractivity contribution in [2.45, 2.75) is 33.1 Å². The lowest BCUT2D eigenvalue weighted by Crippen LogP contribution is -2.30. The van der Waals surface area contributed by atoms with Crippen molar-refractivity contribution < 1.29 is 0 Å². The van der Waals surface area contributed by atoms with E-state index < -0.39 is 0 Å². The van der Waals surface area contributed by atoms with Gasteiger partial charge >= 0.3 is 0 Å². The molecule has 1 aliphatic heterocycles. The van der Waals surface area contributed by atoms with E-state index in [-0.39, 0.29) is 0 Å². The second-order valence-electron chi connectivity index (χ2n) is 5.79. The summed E-state index contributed by atoms with van der Waals surface area (Å²) in [4.78, 5) is 13.8. The summed E-state index contributed by atoms with van der Waals surface area (Å²) in [6.07, 6.45) is 2.88. The molecule has 0 atom stereocenters. The summed E-state index contributed by atoms with van der Waals surface area (Å²) in [5, 5.41) is 3.37. The summed E-state index contributed by atoms with van der Waals surface area (Å²) in [5.41, 5.74) is 1.25. The van der Waals surface area contributed by atoms with Gasteiger partial charge in [0.05, 0.1) is 0 Å². The smallest absolute Gasteiger partial charge is 0.137 e. The molecular formula is C15H27N5. The molecule has 2 heterocycles. The molecule has 0 saturated carbocycles. The van der Waals surface area contributed by atoms with E-state index in [4.69, 9.17) is 0 Å². The lowest BCUT2D eigenvalue weighted by molar-refractivity contribution is 0.360. The minimum Gasteiger partial charge on any atom is -0.370 e. The number of nitrogens with zero attached hydrogens (tertiary/aromatic N) is 4. The van der Waals surface area contributed by atoms with Crippen molar-refractivity contribution in [3.8, 4) is 0 Å². The molecule has 0 aromatic carbocycles. The molecule has 1 fully saturated rings. The molecule has 0 spiro atoms. The highest BCUT2D eigenvalue weighted by Gasteiger charge is 2.21. The van der Waals surface area contributed by atoms with Gasteiger partial charge < -0.3 is 15.1 Å². The van der Waals surface area contributed by atoms with Crippen LogP contribution in [0.3, 0.4) is 0 Å². The first kappa shape index (κ1) is 15.0. The zero-order valence-electron chi connectivity index (χ0n) is 13.2. The van der Waals surface area contributed by atoms with Gasteiger partial charge in [0.25, 0.3) is 0 Å². The van der Waals surface area contributed by atoms with E-state index in [0.717, 1.165) is 37.8 Å². The number of likely N-dealkylation sites (N-methyl/N-ethyl adjacent to an activating group) is 1. The molecule has 5 nitrogen and oxygen atoms in total. The van der Waals surface area contributed by atoms with E-state index >= 15 is 0 Å². The minimum absolute atomic E-state index is 0.418. The minimum atomic E-state index is 0.418. The van der Waals surface area contributed by atoms with Crippen LogP contribution in [-0.4, -0.2) is 54.6 Å². The van der Waals surface area contributed by atoms with Crippen molar-refractivity contribution in [2.24, 2.45) is 0 Å². The van der Waals surface area contributed by atoms with Gasteiger partial charge in [0.1, 0.15) is 18.0 Å². The molecule has 1 aromatic heterocycles. The molecule has 5 heteroatoms. The normalized spacial score (nSPS) is 17.4. The van der Waals surface area contributed by atoms with Crippen LogP contribution in [0.15, 0.2) is 6.33 Å². The molecule has 1 saturated heterocycles. The maximum atomic E-state index is 4.59. The molecule has 0 amide bonds. The third kappa shape index (κ3) is 3.39. The van der Waals surface area contributed by atoms with Gasteiger partial charge in [0, 0.05) is 31.7 Å². The van der Waals surface area contributed by atoms with E-state index in [1.165, 1.54) is 18.5 Å². The van der Waals surface area contributed by atoms with Gasteiger partial charge in [-0.1, -0.05) is 13.8 Å². The van der Waals surface area contributed by atoms with Gasteiger partial charge in [0.2, 0.25) is 0 Å². The van der Waals surface area contributed by atoms with Crippen LogP contribution in [0.4, 0.5) is 11.6 Å². The Morgan fingerprint density at radius 3 is 2.70 bits per heavy atom. The van der Waals surface area contributed by atoms with Gasteiger partial charge in [-0.2, -0.15) is 0 Å². The summed E-state index contributed by atoms with van der Waals surface area (Å²) in [7, 11) is 2.19. The van der Waals surface area contributed by atoms with Crippen LogP contribution in [0.5, 0.6) is 0 Å². The third-order valence-corrected chi connectivity index (χ3v) is 3.80. The topological polar surface area (TPSA) is 44.3 Å². The highest BCUT2D eigenvalue weighted by molar-refractivity contribution is 5.60. The maximum Gasteiger partial charge on any atom is 0.137 e. The lowest BCUT2D eigenvalue weighted by Gasteiger charge is -2.26. The molecule has 112 valence electrons. The molecule has 2 rings (SSSR count). The average Bonchev–Trinajstić information content (AvgIpc) is 2.63. The zero-order chi connectivity index (χ0) is 14.5. The number of anilines is 2. The van der Waals surface area contributed by atoms with Crippen molar-refractivity contribution >= 4 is 11.6 Å². The second-order valence-corrected chi connectivity index (χ2v) is 5.79. The largest absolute Gasteiger partial charge is 0.370 e. The summed E-state index contributed by atoms with van der Waals surface area (Å²) in [6.45, 7) is 11.8. The van der Waals surface area contributed by atoms with Crippen molar-refractivity contribution in [2.75, 3.05) is 50.0 Å². The standard InChI is InChI=1S/C15H27N5/c1-5-16-14-13(12(2)3)15(18-11-17-14)20-8-6-7-19(4)9-10-20/h11-12H,5-10H2,1-4H3,(H,16,17,18). The Labute approximate surface area is 122 Å². The van der Waals surface area contributed by atoms with Crippen molar-refractivity contribution in [3.05, 3.63) is 11.9 Å². The van der Waals surface area contributed by atoms with E-state index in [2.05, 4.69) is 52.9 Å². The van der Waals surface area contributed by atoms with Gasteiger partial charge in [-0.3, -0.25) is 0 Å². The Balaban J connectivity index is 2.32. The Morgan fingerprint density at radius 1 is 1.20 bits per heavy atom. The van der Waals surface area contributed by atoms with E-state index in [9.17, 15) is 0 Å². The zero-order valence-corrected chi connectivity index (χ0v) is 13.2. The quantitative estimate of drug-likeness (QED) is 0.914. The molecular weight excluding hydrogens is 250 g/mol. The van der Waals surface area contributed by atoms with Crippen LogP contribution in [-0.2, 0) is 0 Å². The van der Waals surface area contributed by atoms with Crippen LogP contribution < -0.4 is 10.2 Å². The highest BCUT2D eigenvalue weighted by Crippen LogP contribution is 2.31. The second kappa shape index (κ2) is 6.88. The monoisotopic (exact) mass is 277 g/mol. The van der Waals surface area contributed by atoms with Crippen molar-refractivity contribution in [1.29, 1.82) is 0 Å². The fourth-order valence-corrected chi connectivity index (χ4v) is 2.74. The molecule has 0 radical (unpaired) electrons. The summed E-state index contributed by atoms with van der Waals surface area (Å²) < 4.78 is 0. The van der Waals surface area contributed by atoms with Gasteiger partial charge in [0.15, 0.2) is 0 Å². The summed E-state index contributed by atoms with van der Waals surface area (Å²) >= 11 is 0. The molecule has 1 aliphatic rings. The van der Waals surface area contributed by atoms with Crippen molar-refractivity contribution in [1.82, 2.24) is 14.9 Å². The molecule has 0 unspecified atom stereocenters. The average molecular weight is 277 g/mol. The van der Waals surface area contributed by atoms with Crippen LogP contribution in [0.25, 0.3) is 0 Å². The number of rotatable bonds is 4. The molecule has 1 N–H and O–H groups in total. The van der Waals surface area contributed by atoms with Crippen LogP contribution in [0.2, 0.25) is 0 Å². The molecule has 1 aromatic rings. The van der Waals surface area contributed by atoms with E-state index in [1.807, 2.05) is 0 Å². The molecule has 0 bridgehead atoms. The SMILES string of the molecule is CCNc1ncnc(N2CCCN(C)CC2)c1C(C)C. The fraction of sp³-hybridized carbons (Fsp3) is 0.733. The van der Waals surface area contributed by atoms with E-state index in [0.29, 0.717) is 5.92 Å².